The lowest BCUT2D eigenvalue weighted by atomic mass is 9.35. The van der Waals surface area contributed by atoms with E-state index in [2.05, 4.69) is 61.1 Å². The van der Waals surface area contributed by atoms with Crippen LogP contribution in [0.4, 0.5) is 0 Å². The summed E-state index contributed by atoms with van der Waals surface area (Å²) in [4.78, 5) is 11.8. The van der Waals surface area contributed by atoms with Gasteiger partial charge in [-0.25, -0.2) is 0 Å². The van der Waals surface area contributed by atoms with Gasteiger partial charge in [0.1, 0.15) is 6.10 Å². The highest BCUT2D eigenvalue weighted by atomic mass is 16.5. The second-order valence-corrected chi connectivity index (χ2v) is 14.3. The second-order valence-electron chi connectivity index (χ2n) is 14.3. The summed E-state index contributed by atoms with van der Waals surface area (Å²) in [6.45, 7) is 23.4. The number of hydrogen-bond acceptors (Lipinski definition) is 2. The Kier molecular flexibility index (Phi) is 6.74. The van der Waals surface area contributed by atoms with Crippen LogP contribution in [-0.2, 0) is 9.53 Å². The molecule has 0 N–H and O–H groups in total. The Morgan fingerprint density at radius 3 is 2.21 bits per heavy atom. The molecule has 4 fully saturated rings. The average molecular weight is 469 g/mol. The summed E-state index contributed by atoms with van der Waals surface area (Å²) in [6, 6.07) is 0. The maximum atomic E-state index is 11.8. The molecule has 8 atom stereocenters. The minimum atomic E-state index is -0.114. The summed E-state index contributed by atoms with van der Waals surface area (Å²) in [5, 5.41) is 0. The Morgan fingerprint density at radius 1 is 0.882 bits per heavy atom. The summed E-state index contributed by atoms with van der Waals surface area (Å²) in [6.07, 6.45) is 15.1. The lowest BCUT2D eigenvalue weighted by molar-refractivity contribution is -0.226. The Labute approximate surface area is 210 Å². The minimum Gasteiger partial charge on any atom is -0.462 e. The zero-order valence-corrected chi connectivity index (χ0v) is 23.6. The minimum absolute atomic E-state index is 0.0508. The third kappa shape index (κ3) is 3.85. The number of fused-ring (bicyclic) bond motifs is 5. The van der Waals surface area contributed by atoms with Crippen LogP contribution in [0, 0.1) is 45.3 Å². The number of rotatable bonds is 5. The van der Waals surface area contributed by atoms with Crippen molar-refractivity contribution in [3.05, 3.63) is 23.8 Å². The van der Waals surface area contributed by atoms with Gasteiger partial charge in [-0.1, -0.05) is 58.4 Å². The first-order valence-electron chi connectivity index (χ1n) is 14.3. The van der Waals surface area contributed by atoms with Gasteiger partial charge in [0.05, 0.1) is 0 Å². The molecule has 0 radical (unpaired) electrons. The van der Waals surface area contributed by atoms with E-state index >= 15 is 0 Å². The highest BCUT2D eigenvalue weighted by Gasteiger charge is 2.68. The molecule has 2 heteroatoms. The van der Waals surface area contributed by atoms with E-state index < -0.39 is 0 Å². The van der Waals surface area contributed by atoms with Crippen molar-refractivity contribution in [2.45, 2.75) is 126 Å². The van der Waals surface area contributed by atoms with Crippen molar-refractivity contribution in [1.29, 1.82) is 0 Å². The van der Waals surface area contributed by atoms with E-state index in [4.69, 9.17) is 4.74 Å². The third-order valence-electron chi connectivity index (χ3n) is 12.2. The Bertz CT molecular complexity index is 847. The van der Waals surface area contributed by atoms with Gasteiger partial charge in [0.15, 0.2) is 0 Å². The van der Waals surface area contributed by atoms with Crippen molar-refractivity contribution in [3.63, 3.8) is 0 Å². The molecule has 0 spiro atoms. The molecule has 0 amide bonds. The molecule has 4 aliphatic carbocycles. The highest BCUT2D eigenvalue weighted by Crippen LogP contribution is 2.75. The molecule has 0 aromatic rings. The quantitative estimate of drug-likeness (QED) is 0.297. The van der Waals surface area contributed by atoms with Gasteiger partial charge in [-0.2, -0.15) is 0 Å². The molecule has 0 aliphatic heterocycles. The molecule has 0 aromatic heterocycles. The monoisotopic (exact) mass is 468 g/mol. The largest absolute Gasteiger partial charge is 0.462 e. The average Bonchev–Trinajstić information content (AvgIpc) is 3.08. The Balaban J connectivity index is 1.57. The van der Waals surface area contributed by atoms with E-state index in [0.29, 0.717) is 22.2 Å². The zero-order valence-electron chi connectivity index (χ0n) is 23.6. The van der Waals surface area contributed by atoms with Gasteiger partial charge in [0.2, 0.25) is 0 Å². The van der Waals surface area contributed by atoms with Gasteiger partial charge in [-0.05, 0) is 118 Å². The molecule has 34 heavy (non-hydrogen) atoms. The Hall–Kier alpha value is -1.05. The van der Waals surface area contributed by atoms with Crippen LogP contribution in [-0.4, -0.2) is 12.1 Å². The summed E-state index contributed by atoms with van der Waals surface area (Å²) in [5.74, 6) is 2.81. The molecule has 0 heterocycles. The van der Waals surface area contributed by atoms with Crippen LogP contribution < -0.4 is 0 Å². The molecule has 2 nitrogen and oxygen atoms in total. The second kappa shape index (κ2) is 8.81. The van der Waals surface area contributed by atoms with Gasteiger partial charge < -0.3 is 4.74 Å². The number of carbonyl (C=O) groups is 1. The summed E-state index contributed by atoms with van der Waals surface area (Å²) >= 11 is 0. The van der Waals surface area contributed by atoms with Crippen LogP contribution in [0.5, 0.6) is 0 Å². The maximum absolute atomic E-state index is 11.8. The molecule has 192 valence electrons. The zero-order chi connectivity index (χ0) is 25.1. The highest BCUT2D eigenvalue weighted by molar-refractivity contribution is 5.66. The molecule has 0 bridgehead atoms. The summed E-state index contributed by atoms with van der Waals surface area (Å²) < 4.78 is 5.89. The standard InChI is InChI=1S/C32H52O2/c1-21(2)11-10-12-22(3)24-15-19-31(8)25(24)13-14-27-30(7)18-17-28(34-23(4)33)29(5,6)26(30)16-20-32(27,31)9/h11,24-28H,3,10,12-20H2,1-2,4-9H3/t24-,25-,26-,27-,28-,30-,31+,32+/m0/s1. The molecule has 4 rings (SSSR count). The van der Waals surface area contributed by atoms with Crippen molar-refractivity contribution >= 4 is 5.97 Å². The van der Waals surface area contributed by atoms with E-state index in [1.807, 2.05) is 0 Å². The van der Waals surface area contributed by atoms with Crippen LogP contribution in [0.1, 0.15) is 120 Å². The van der Waals surface area contributed by atoms with Gasteiger partial charge in [-0.3, -0.25) is 4.79 Å². The number of esters is 1. The maximum Gasteiger partial charge on any atom is 0.302 e. The van der Waals surface area contributed by atoms with Crippen LogP contribution in [0.3, 0.4) is 0 Å². The van der Waals surface area contributed by atoms with Gasteiger partial charge >= 0.3 is 5.97 Å². The number of ether oxygens (including phenoxy) is 1. The molecule has 0 aromatic carbocycles. The first-order chi connectivity index (χ1) is 15.8. The SMILES string of the molecule is C=C(CCC=C(C)C)[C@@H]1CC[C@]2(C)[C@H]1CC[C@H]1[C@@]3(C)CC[C@H](OC(C)=O)C(C)(C)[C@@H]3CC[C@]12C. The lowest BCUT2D eigenvalue weighted by Crippen LogP contribution is -2.64. The Morgan fingerprint density at radius 2 is 1.56 bits per heavy atom. The molecule has 4 saturated carbocycles. The molecule has 0 unspecified atom stereocenters. The van der Waals surface area contributed by atoms with Gasteiger partial charge in [0.25, 0.3) is 0 Å². The van der Waals surface area contributed by atoms with Crippen LogP contribution in [0.15, 0.2) is 23.8 Å². The summed E-state index contributed by atoms with van der Waals surface area (Å²) in [5.41, 5.74) is 4.17. The predicted molar refractivity (Wildman–Crippen MR) is 142 cm³/mol. The predicted octanol–water partition coefficient (Wildman–Crippen LogP) is 8.91. The molecule has 0 saturated heterocycles. The van der Waals surface area contributed by atoms with Crippen LogP contribution >= 0.6 is 0 Å². The van der Waals surface area contributed by atoms with Crippen LogP contribution in [0.2, 0.25) is 0 Å². The van der Waals surface area contributed by atoms with E-state index in [0.717, 1.165) is 37.0 Å². The fourth-order valence-corrected chi connectivity index (χ4v) is 10.4. The van der Waals surface area contributed by atoms with Crippen LogP contribution in [0.25, 0.3) is 0 Å². The number of allylic oxidation sites excluding steroid dienone is 3. The van der Waals surface area contributed by atoms with Crippen molar-refractivity contribution in [1.82, 2.24) is 0 Å². The fourth-order valence-electron chi connectivity index (χ4n) is 10.4. The molecular weight excluding hydrogens is 416 g/mol. The molecule has 4 aliphatic rings. The van der Waals surface area contributed by atoms with Crippen molar-refractivity contribution < 1.29 is 9.53 Å². The fraction of sp³-hybridized carbons (Fsp3) is 0.844. The van der Waals surface area contributed by atoms with E-state index in [1.165, 1.54) is 56.1 Å². The van der Waals surface area contributed by atoms with Gasteiger partial charge in [0, 0.05) is 12.3 Å². The van der Waals surface area contributed by atoms with Crippen molar-refractivity contribution in [2.75, 3.05) is 0 Å². The van der Waals surface area contributed by atoms with Crippen molar-refractivity contribution in [3.8, 4) is 0 Å². The first kappa shape index (κ1) is 26.0. The van der Waals surface area contributed by atoms with Crippen molar-refractivity contribution in [2.24, 2.45) is 45.3 Å². The number of carbonyl (C=O) groups excluding carboxylic acids is 1. The lowest BCUT2D eigenvalue weighted by Gasteiger charge is -2.70. The third-order valence-corrected chi connectivity index (χ3v) is 12.2. The van der Waals surface area contributed by atoms with E-state index in [9.17, 15) is 4.79 Å². The van der Waals surface area contributed by atoms with E-state index in [-0.39, 0.29) is 17.5 Å². The van der Waals surface area contributed by atoms with Gasteiger partial charge in [-0.15, -0.1) is 0 Å². The summed E-state index contributed by atoms with van der Waals surface area (Å²) in [7, 11) is 0. The van der Waals surface area contributed by atoms with E-state index in [1.54, 1.807) is 6.92 Å². The molecular formula is C32H52O2. The number of hydrogen-bond donors (Lipinski definition) is 0. The smallest absolute Gasteiger partial charge is 0.302 e. The normalized spacial score (nSPS) is 44.9. The first-order valence-corrected chi connectivity index (χ1v) is 14.3. The topological polar surface area (TPSA) is 26.3 Å².